The quantitative estimate of drug-likeness (QED) is 0.802. The molecule has 5 heteroatoms. The first-order valence-electron chi connectivity index (χ1n) is 8.65. The lowest BCUT2D eigenvalue weighted by molar-refractivity contribution is -0.187. The van der Waals surface area contributed by atoms with Gasteiger partial charge in [-0.2, -0.15) is 0 Å². The van der Waals surface area contributed by atoms with Crippen molar-refractivity contribution in [2.24, 2.45) is 0 Å². The number of phenols is 1. The zero-order chi connectivity index (χ0) is 16.7. The molecule has 2 heterocycles. The van der Waals surface area contributed by atoms with Crippen LogP contribution in [0.5, 0.6) is 11.5 Å². The van der Waals surface area contributed by atoms with E-state index in [1.807, 2.05) is 12.1 Å². The molecule has 5 nitrogen and oxygen atoms in total. The summed E-state index contributed by atoms with van der Waals surface area (Å²) in [6.45, 7) is 5.36. The third-order valence-corrected chi connectivity index (χ3v) is 6.73. The number of carbonyl (C=O) groups is 1. The van der Waals surface area contributed by atoms with Gasteiger partial charge in [0.2, 0.25) is 0 Å². The fourth-order valence-electron chi connectivity index (χ4n) is 5.80. The number of aliphatic hydroxyl groups is 1. The molecular weight excluding hydrogens is 306 g/mol. The van der Waals surface area contributed by atoms with Crippen LogP contribution < -0.4 is 4.74 Å². The Labute approximate surface area is 140 Å². The summed E-state index contributed by atoms with van der Waals surface area (Å²) in [5.74, 6) is 0.528. The number of likely N-dealkylation sites (tertiary alicyclic amines) is 1. The average Bonchev–Trinajstić information content (AvgIpc) is 2.91. The van der Waals surface area contributed by atoms with Crippen LogP contribution >= 0.6 is 0 Å². The number of piperidine rings is 1. The number of carbonyl (C=O) groups excluding carboxylic acids is 1. The van der Waals surface area contributed by atoms with Crippen LogP contribution in [0.25, 0.3) is 0 Å². The Bertz CT molecular complexity index is 775. The first-order chi connectivity index (χ1) is 11.5. The third kappa shape index (κ3) is 1.38. The first kappa shape index (κ1) is 14.5. The number of ketones is 1. The van der Waals surface area contributed by atoms with E-state index in [0.717, 1.165) is 24.2 Å². The molecule has 4 aliphatic rings. The summed E-state index contributed by atoms with van der Waals surface area (Å²) in [6, 6.07) is 3.52. The lowest BCUT2D eigenvalue weighted by atomic mass is 9.49. The lowest BCUT2D eigenvalue weighted by Gasteiger charge is -2.62. The van der Waals surface area contributed by atoms with E-state index in [2.05, 4.69) is 11.5 Å². The molecule has 3 unspecified atom stereocenters. The van der Waals surface area contributed by atoms with Crippen LogP contribution in [0.1, 0.15) is 30.4 Å². The van der Waals surface area contributed by atoms with Gasteiger partial charge in [-0.3, -0.25) is 9.69 Å². The minimum absolute atomic E-state index is 0.0408. The maximum Gasteiger partial charge on any atom is 0.174 e. The fourth-order valence-corrected chi connectivity index (χ4v) is 5.80. The smallest absolute Gasteiger partial charge is 0.174 e. The molecule has 2 N–H and O–H groups in total. The first-order valence-corrected chi connectivity index (χ1v) is 8.65. The maximum absolute atomic E-state index is 12.6. The Kier molecular flexibility index (Phi) is 2.66. The second kappa shape index (κ2) is 4.41. The maximum atomic E-state index is 12.6. The summed E-state index contributed by atoms with van der Waals surface area (Å²) in [4.78, 5) is 14.9. The highest BCUT2D eigenvalue weighted by atomic mass is 16.5. The van der Waals surface area contributed by atoms with Crippen molar-refractivity contribution in [1.29, 1.82) is 0 Å². The summed E-state index contributed by atoms with van der Waals surface area (Å²) in [5.41, 5.74) is 0.256. The number of benzene rings is 1. The van der Waals surface area contributed by atoms with E-state index in [-0.39, 0.29) is 17.6 Å². The van der Waals surface area contributed by atoms with Crippen molar-refractivity contribution in [3.63, 3.8) is 0 Å². The van der Waals surface area contributed by atoms with Crippen molar-refractivity contribution in [3.05, 3.63) is 35.9 Å². The van der Waals surface area contributed by atoms with Gasteiger partial charge >= 0.3 is 0 Å². The van der Waals surface area contributed by atoms with E-state index in [1.54, 1.807) is 6.07 Å². The molecule has 1 saturated heterocycles. The van der Waals surface area contributed by atoms with E-state index in [9.17, 15) is 15.0 Å². The van der Waals surface area contributed by atoms with Crippen molar-refractivity contribution >= 4 is 5.78 Å². The molecule has 1 aromatic carbocycles. The number of phenolic OH excluding ortho intramolecular Hbond substituents is 1. The Balaban J connectivity index is 1.80. The second-order valence-corrected chi connectivity index (χ2v) is 7.56. The number of rotatable bonds is 2. The third-order valence-electron chi connectivity index (χ3n) is 6.73. The topological polar surface area (TPSA) is 70.0 Å². The van der Waals surface area contributed by atoms with Gasteiger partial charge in [0.05, 0.1) is 11.0 Å². The van der Waals surface area contributed by atoms with E-state index in [4.69, 9.17) is 4.74 Å². The van der Waals surface area contributed by atoms with Crippen LogP contribution in [0.4, 0.5) is 0 Å². The van der Waals surface area contributed by atoms with Crippen molar-refractivity contribution in [2.75, 3.05) is 13.1 Å². The minimum atomic E-state index is -1.00. The van der Waals surface area contributed by atoms with E-state index >= 15 is 0 Å². The number of hydrogen-bond acceptors (Lipinski definition) is 5. The number of aromatic hydroxyl groups is 1. The van der Waals surface area contributed by atoms with Crippen LogP contribution in [0.15, 0.2) is 24.8 Å². The number of hydrogen-bond donors (Lipinski definition) is 2. The normalized spacial score (nSPS) is 39.3. The van der Waals surface area contributed by atoms with Gasteiger partial charge in [0.1, 0.15) is 0 Å². The largest absolute Gasteiger partial charge is 0.504 e. The predicted octanol–water partition coefficient (Wildman–Crippen LogP) is 1.30. The highest BCUT2D eigenvalue weighted by molar-refractivity contribution is 5.90. The Morgan fingerprint density at radius 2 is 2.25 bits per heavy atom. The molecule has 1 spiro atoms. The van der Waals surface area contributed by atoms with Gasteiger partial charge in [-0.05, 0) is 30.9 Å². The standard InChI is InChI=1S/C19H21NO4/c1-2-8-20-9-7-18-15-11-3-4-12(21)16(15)24-17(18)13(22)5-6-19(18,23)14(20)10-11/h2-4,14,17,21,23H,1,5-10H2/t14?,17-,18?,19?/m0/s1. The van der Waals surface area contributed by atoms with Crippen LogP contribution in [-0.2, 0) is 16.6 Å². The molecule has 2 bridgehead atoms. The lowest BCUT2D eigenvalue weighted by Crippen LogP contribution is -2.76. The van der Waals surface area contributed by atoms with Gasteiger partial charge < -0.3 is 14.9 Å². The minimum Gasteiger partial charge on any atom is -0.504 e. The molecule has 2 aliphatic heterocycles. The Hall–Kier alpha value is -1.85. The molecule has 1 saturated carbocycles. The fraction of sp³-hybridized carbons (Fsp3) is 0.526. The molecule has 0 amide bonds. The van der Waals surface area contributed by atoms with Gasteiger partial charge in [-0.1, -0.05) is 12.1 Å². The molecule has 0 radical (unpaired) electrons. The summed E-state index contributed by atoms with van der Waals surface area (Å²) >= 11 is 0. The van der Waals surface area contributed by atoms with Crippen LogP contribution in [0.2, 0.25) is 0 Å². The molecule has 126 valence electrons. The van der Waals surface area contributed by atoms with Crippen LogP contribution in [-0.4, -0.2) is 51.7 Å². The molecule has 4 atom stereocenters. The van der Waals surface area contributed by atoms with Gasteiger partial charge in [0.15, 0.2) is 23.4 Å². The number of Topliss-reactive ketones (excluding diaryl/α,β-unsaturated/α-hetero) is 1. The molecule has 1 aromatic rings. The summed E-state index contributed by atoms with van der Waals surface area (Å²) in [5, 5.41) is 22.1. The highest BCUT2D eigenvalue weighted by Crippen LogP contribution is 2.64. The van der Waals surface area contributed by atoms with Crippen molar-refractivity contribution in [3.8, 4) is 11.5 Å². The van der Waals surface area contributed by atoms with Gasteiger partial charge in [-0.15, -0.1) is 6.58 Å². The second-order valence-electron chi connectivity index (χ2n) is 7.56. The van der Waals surface area contributed by atoms with Crippen LogP contribution in [0, 0.1) is 0 Å². The Morgan fingerprint density at radius 3 is 3.04 bits per heavy atom. The number of nitrogens with zero attached hydrogens (tertiary/aromatic N) is 1. The summed E-state index contributed by atoms with van der Waals surface area (Å²) in [7, 11) is 0. The zero-order valence-electron chi connectivity index (χ0n) is 13.5. The van der Waals surface area contributed by atoms with Crippen molar-refractivity contribution < 1.29 is 19.7 Å². The monoisotopic (exact) mass is 327 g/mol. The molecule has 2 fully saturated rings. The summed E-state index contributed by atoms with van der Waals surface area (Å²) in [6.07, 6.45) is 3.35. The van der Waals surface area contributed by atoms with Gasteiger partial charge in [0.25, 0.3) is 0 Å². The molecule has 2 aliphatic carbocycles. The summed E-state index contributed by atoms with van der Waals surface area (Å²) < 4.78 is 5.98. The zero-order valence-corrected chi connectivity index (χ0v) is 13.5. The highest BCUT2D eigenvalue weighted by Gasteiger charge is 2.72. The molecular formula is C19H21NO4. The van der Waals surface area contributed by atoms with Crippen molar-refractivity contribution in [1.82, 2.24) is 4.90 Å². The van der Waals surface area contributed by atoms with Crippen molar-refractivity contribution in [2.45, 2.75) is 48.8 Å². The Morgan fingerprint density at radius 1 is 1.42 bits per heavy atom. The van der Waals surface area contributed by atoms with E-state index < -0.39 is 17.1 Å². The van der Waals surface area contributed by atoms with Crippen LogP contribution in [0.3, 0.4) is 0 Å². The molecule has 0 aromatic heterocycles. The average molecular weight is 327 g/mol. The predicted molar refractivity (Wildman–Crippen MR) is 87.3 cm³/mol. The van der Waals surface area contributed by atoms with E-state index in [0.29, 0.717) is 31.4 Å². The number of ether oxygens (including phenoxy) is 1. The van der Waals surface area contributed by atoms with Gasteiger partial charge in [-0.25, -0.2) is 0 Å². The SMILES string of the molecule is C=CCN1CCC23c4c5ccc(O)c4O[C@H]2C(=O)CCC3(O)C1C5. The van der Waals surface area contributed by atoms with Gasteiger partial charge in [0, 0.05) is 31.1 Å². The molecule has 5 rings (SSSR count). The molecule has 24 heavy (non-hydrogen) atoms. The van der Waals surface area contributed by atoms with E-state index in [1.165, 1.54) is 0 Å².